The smallest absolute Gasteiger partial charge is 0.263 e. The summed E-state index contributed by atoms with van der Waals surface area (Å²) in [6, 6.07) is 5.24. The van der Waals surface area contributed by atoms with Gasteiger partial charge in [0.25, 0.3) is 5.91 Å². The quantitative estimate of drug-likeness (QED) is 0.888. The van der Waals surface area contributed by atoms with Crippen molar-refractivity contribution in [2.24, 2.45) is 5.92 Å². The molecule has 2 rings (SSSR count). The average molecular weight is 319 g/mol. The van der Waals surface area contributed by atoms with E-state index in [9.17, 15) is 9.90 Å². The van der Waals surface area contributed by atoms with Crippen molar-refractivity contribution in [3.63, 3.8) is 0 Å². The minimum Gasteiger partial charge on any atom is -0.388 e. The predicted molar refractivity (Wildman–Crippen MR) is 87.7 cm³/mol. The molecule has 5 nitrogen and oxygen atoms in total. The Hall–Kier alpha value is -1.79. The lowest BCUT2D eigenvalue weighted by atomic mass is 9.89. The molecule has 0 aliphatic carbocycles. The lowest BCUT2D eigenvalue weighted by Crippen LogP contribution is -2.52. The summed E-state index contributed by atoms with van der Waals surface area (Å²) in [6.07, 6.45) is 3.24. The van der Waals surface area contributed by atoms with Crippen molar-refractivity contribution in [3.8, 4) is 10.7 Å². The van der Waals surface area contributed by atoms with Gasteiger partial charge < -0.3 is 10.4 Å². The van der Waals surface area contributed by atoms with Crippen molar-refractivity contribution in [2.75, 3.05) is 0 Å². The van der Waals surface area contributed by atoms with Crippen molar-refractivity contribution in [1.29, 1.82) is 0 Å². The summed E-state index contributed by atoms with van der Waals surface area (Å²) >= 11 is 1.29. The zero-order valence-electron chi connectivity index (χ0n) is 13.2. The summed E-state index contributed by atoms with van der Waals surface area (Å²) in [7, 11) is 0. The van der Waals surface area contributed by atoms with Crippen molar-refractivity contribution in [1.82, 2.24) is 15.3 Å². The van der Waals surface area contributed by atoms with Crippen LogP contribution in [0.5, 0.6) is 0 Å². The first-order chi connectivity index (χ1) is 10.3. The third kappa shape index (κ3) is 3.90. The Kier molecular flexibility index (Phi) is 4.93. The van der Waals surface area contributed by atoms with Crippen LogP contribution in [0.25, 0.3) is 10.7 Å². The molecular formula is C16H21N3O2S. The number of nitrogens with one attached hydrogen (secondary N) is 1. The standard InChI is InChI=1S/C16H21N3O2S/c1-10(2)13(16(3,4)21)19-14(20)12-9-18-15(22-12)11-7-5-6-8-17-11/h5-10,13,21H,1-4H3,(H,19,20)/t13-/m0/s1. The lowest BCUT2D eigenvalue weighted by Gasteiger charge is -2.33. The molecule has 118 valence electrons. The number of amides is 1. The number of aromatic nitrogens is 2. The number of hydrogen-bond donors (Lipinski definition) is 2. The fourth-order valence-electron chi connectivity index (χ4n) is 2.36. The number of nitrogens with zero attached hydrogens (tertiary/aromatic N) is 2. The molecule has 0 saturated heterocycles. The van der Waals surface area contributed by atoms with Gasteiger partial charge >= 0.3 is 0 Å². The maximum Gasteiger partial charge on any atom is 0.263 e. The molecule has 6 heteroatoms. The number of carbonyl (C=O) groups is 1. The van der Waals surface area contributed by atoms with Gasteiger partial charge in [-0.15, -0.1) is 11.3 Å². The summed E-state index contributed by atoms with van der Waals surface area (Å²) in [5.74, 6) is -0.104. The Bertz CT molecular complexity index is 632. The summed E-state index contributed by atoms with van der Waals surface area (Å²) in [5, 5.41) is 13.8. The molecule has 0 aliphatic heterocycles. The summed E-state index contributed by atoms with van der Waals surface area (Å²) in [5.41, 5.74) is -0.243. The molecule has 0 radical (unpaired) electrons. The second kappa shape index (κ2) is 6.54. The lowest BCUT2D eigenvalue weighted by molar-refractivity contribution is 0.0195. The van der Waals surface area contributed by atoms with Crippen LogP contribution in [-0.2, 0) is 0 Å². The molecule has 2 aromatic heterocycles. The second-order valence-electron chi connectivity index (χ2n) is 6.09. The number of pyridine rings is 1. The first-order valence-corrected chi connectivity index (χ1v) is 8.01. The van der Waals surface area contributed by atoms with Crippen LogP contribution in [0.15, 0.2) is 30.6 Å². The predicted octanol–water partition coefficient (Wildman–Crippen LogP) is 2.73. The van der Waals surface area contributed by atoms with Crippen LogP contribution in [0.4, 0.5) is 0 Å². The van der Waals surface area contributed by atoms with Crippen molar-refractivity contribution < 1.29 is 9.90 Å². The Morgan fingerprint density at radius 1 is 1.32 bits per heavy atom. The van der Waals surface area contributed by atoms with E-state index in [4.69, 9.17) is 0 Å². The molecule has 0 aromatic carbocycles. The molecule has 0 unspecified atom stereocenters. The fraction of sp³-hybridized carbons (Fsp3) is 0.438. The fourth-order valence-corrected chi connectivity index (χ4v) is 3.15. The van der Waals surface area contributed by atoms with Crippen LogP contribution < -0.4 is 5.32 Å². The molecule has 0 aliphatic rings. The number of carbonyl (C=O) groups excluding carboxylic acids is 1. The highest BCUT2D eigenvalue weighted by Crippen LogP contribution is 2.24. The van der Waals surface area contributed by atoms with Crippen LogP contribution >= 0.6 is 11.3 Å². The van der Waals surface area contributed by atoms with E-state index >= 15 is 0 Å². The molecule has 0 spiro atoms. The molecule has 2 N–H and O–H groups in total. The summed E-state index contributed by atoms with van der Waals surface area (Å²) in [6.45, 7) is 7.33. The van der Waals surface area contributed by atoms with Gasteiger partial charge in [0, 0.05) is 6.20 Å². The normalized spacial score (nSPS) is 13.2. The van der Waals surface area contributed by atoms with Gasteiger partial charge in [0.2, 0.25) is 0 Å². The Morgan fingerprint density at radius 2 is 2.05 bits per heavy atom. The van der Waals surface area contributed by atoms with E-state index in [0.29, 0.717) is 9.88 Å². The van der Waals surface area contributed by atoms with E-state index in [-0.39, 0.29) is 17.9 Å². The van der Waals surface area contributed by atoms with E-state index < -0.39 is 5.60 Å². The molecule has 0 fully saturated rings. The molecule has 22 heavy (non-hydrogen) atoms. The topological polar surface area (TPSA) is 75.1 Å². The van der Waals surface area contributed by atoms with Gasteiger partial charge in [-0.3, -0.25) is 9.78 Å². The third-order valence-corrected chi connectivity index (χ3v) is 4.35. The molecule has 0 saturated carbocycles. The minimum absolute atomic E-state index is 0.118. The minimum atomic E-state index is -0.988. The van der Waals surface area contributed by atoms with Gasteiger partial charge in [-0.05, 0) is 31.9 Å². The van der Waals surface area contributed by atoms with E-state index in [1.165, 1.54) is 11.3 Å². The van der Waals surface area contributed by atoms with Crippen LogP contribution in [-0.4, -0.2) is 32.6 Å². The molecular weight excluding hydrogens is 298 g/mol. The third-order valence-electron chi connectivity index (χ3n) is 3.33. The zero-order valence-corrected chi connectivity index (χ0v) is 14.0. The highest BCUT2D eigenvalue weighted by atomic mass is 32.1. The molecule has 1 amide bonds. The molecule has 1 atom stereocenters. The molecule has 2 heterocycles. The highest BCUT2D eigenvalue weighted by molar-refractivity contribution is 7.16. The van der Waals surface area contributed by atoms with Crippen LogP contribution in [0.3, 0.4) is 0 Å². The van der Waals surface area contributed by atoms with Crippen LogP contribution in [0.2, 0.25) is 0 Å². The number of thiazole rings is 1. The van der Waals surface area contributed by atoms with Gasteiger partial charge in [-0.25, -0.2) is 4.98 Å². The number of rotatable bonds is 5. The SMILES string of the molecule is CC(C)[C@H](NC(=O)c1cnc(-c2ccccn2)s1)C(C)(C)O. The van der Waals surface area contributed by atoms with Crippen LogP contribution in [0, 0.1) is 5.92 Å². The zero-order chi connectivity index (χ0) is 16.3. The first-order valence-electron chi connectivity index (χ1n) is 7.19. The molecule has 0 bridgehead atoms. The van der Waals surface area contributed by atoms with Crippen molar-refractivity contribution >= 4 is 17.2 Å². The largest absolute Gasteiger partial charge is 0.388 e. The van der Waals surface area contributed by atoms with Gasteiger partial charge in [-0.1, -0.05) is 19.9 Å². The Balaban J connectivity index is 2.15. The van der Waals surface area contributed by atoms with E-state index in [2.05, 4.69) is 15.3 Å². The van der Waals surface area contributed by atoms with Gasteiger partial charge in [0.15, 0.2) is 0 Å². The van der Waals surface area contributed by atoms with E-state index in [1.54, 1.807) is 26.2 Å². The van der Waals surface area contributed by atoms with Gasteiger partial charge in [-0.2, -0.15) is 0 Å². The van der Waals surface area contributed by atoms with Crippen LogP contribution in [0.1, 0.15) is 37.4 Å². The molecule has 2 aromatic rings. The second-order valence-corrected chi connectivity index (χ2v) is 7.12. The Labute approximate surface area is 134 Å². The maximum atomic E-state index is 12.4. The van der Waals surface area contributed by atoms with Crippen molar-refractivity contribution in [3.05, 3.63) is 35.5 Å². The maximum absolute atomic E-state index is 12.4. The monoisotopic (exact) mass is 319 g/mol. The van der Waals surface area contributed by atoms with Crippen molar-refractivity contribution in [2.45, 2.75) is 39.3 Å². The van der Waals surface area contributed by atoms with E-state index in [0.717, 1.165) is 5.69 Å². The van der Waals surface area contributed by atoms with Gasteiger partial charge in [0.05, 0.1) is 23.5 Å². The van der Waals surface area contributed by atoms with E-state index in [1.807, 2.05) is 32.0 Å². The highest BCUT2D eigenvalue weighted by Gasteiger charge is 2.31. The number of aliphatic hydroxyl groups is 1. The Morgan fingerprint density at radius 3 is 2.59 bits per heavy atom. The average Bonchev–Trinajstić information content (AvgIpc) is 2.93. The van der Waals surface area contributed by atoms with Gasteiger partial charge in [0.1, 0.15) is 9.88 Å². The number of hydrogen-bond acceptors (Lipinski definition) is 5. The summed E-state index contributed by atoms with van der Waals surface area (Å²) in [4.78, 5) is 21.4. The first kappa shape index (κ1) is 16.6. The summed E-state index contributed by atoms with van der Waals surface area (Å²) < 4.78 is 0.